The number of anilines is 1. The van der Waals surface area contributed by atoms with Crippen LogP contribution < -0.4 is 16.9 Å². The van der Waals surface area contributed by atoms with Crippen LogP contribution in [0.5, 0.6) is 0 Å². The van der Waals surface area contributed by atoms with Gasteiger partial charge in [0.25, 0.3) is 5.91 Å². The third-order valence-corrected chi connectivity index (χ3v) is 5.01. The van der Waals surface area contributed by atoms with Crippen molar-refractivity contribution in [3.63, 3.8) is 0 Å². The van der Waals surface area contributed by atoms with E-state index in [0.717, 1.165) is 32.1 Å². The molecule has 0 radical (unpaired) electrons. The Kier molecular flexibility index (Phi) is 5.20. The third kappa shape index (κ3) is 3.40. The summed E-state index contributed by atoms with van der Waals surface area (Å²) in [5, 5.41) is 4.12. The first kappa shape index (κ1) is 17.9. The number of amides is 3. The number of rotatable bonds is 5. The molecule has 3 rings (SSSR count). The molecule has 0 spiro atoms. The molecule has 1 aliphatic heterocycles. The molecular formula is C18H23N5O3. The Morgan fingerprint density at radius 3 is 2.27 bits per heavy atom. The molecular weight excluding hydrogens is 334 g/mol. The number of nitrogens with one attached hydrogen (secondary N) is 1. The number of hydrogen-bond donors (Lipinski definition) is 3. The quantitative estimate of drug-likeness (QED) is 0.665. The molecule has 1 saturated heterocycles. The van der Waals surface area contributed by atoms with Crippen molar-refractivity contribution in [1.29, 1.82) is 0 Å². The number of nitrogens with two attached hydrogens (primary N) is 2. The second-order valence-corrected chi connectivity index (χ2v) is 6.71. The molecule has 1 aromatic carbocycles. The summed E-state index contributed by atoms with van der Waals surface area (Å²) in [5.74, 6) is -3.13. The highest BCUT2D eigenvalue weighted by atomic mass is 16.2. The average Bonchev–Trinajstić information content (AvgIpc) is 2.94. The van der Waals surface area contributed by atoms with Gasteiger partial charge in [-0.2, -0.15) is 5.10 Å². The van der Waals surface area contributed by atoms with E-state index in [0.29, 0.717) is 5.69 Å². The van der Waals surface area contributed by atoms with Gasteiger partial charge in [-0.05, 0) is 25.0 Å². The van der Waals surface area contributed by atoms with E-state index in [1.807, 2.05) is 18.2 Å². The van der Waals surface area contributed by atoms with E-state index in [2.05, 4.69) is 10.5 Å². The summed E-state index contributed by atoms with van der Waals surface area (Å²) < 4.78 is 0. The number of para-hydroxylation sites is 1. The Balaban J connectivity index is 1.95. The number of hydrogen-bond acceptors (Lipinski definition) is 5. The van der Waals surface area contributed by atoms with Crippen LogP contribution in [0.15, 0.2) is 35.4 Å². The van der Waals surface area contributed by atoms with Gasteiger partial charge in [0.1, 0.15) is 17.7 Å². The van der Waals surface area contributed by atoms with E-state index in [-0.39, 0.29) is 11.8 Å². The van der Waals surface area contributed by atoms with Gasteiger partial charge in [-0.3, -0.25) is 19.8 Å². The van der Waals surface area contributed by atoms with Crippen LogP contribution in [0.25, 0.3) is 0 Å². The van der Waals surface area contributed by atoms with E-state index in [1.165, 1.54) is 4.90 Å². The van der Waals surface area contributed by atoms with Gasteiger partial charge < -0.3 is 16.4 Å². The molecule has 0 aromatic heterocycles. The maximum atomic E-state index is 13.0. The van der Waals surface area contributed by atoms with E-state index in [4.69, 9.17) is 11.5 Å². The van der Waals surface area contributed by atoms with Gasteiger partial charge >= 0.3 is 0 Å². The largest absolute Gasteiger partial charge is 0.369 e. The molecule has 26 heavy (non-hydrogen) atoms. The van der Waals surface area contributed by atoms with Crippen LogP contribution in [0.1, 0.15) is 32.1 Å². The molecule has 3 amide bonds. The van der Waals surface area contributed by atoms with Crippen molar-refractivity contribution >= 4 is 29.1 Å². The Bertz CT molecular complexity index is 728. The topological polar surface area (TPSA) is 131 Å². The van der Waals surface area contributed by atoms with E-state index in [9.17, 15) is 14.4 Å². The average molecular weight is 357 g/mol. The Hall–Kier alpha value is -2.90. The van der Waals surface area contributed by atoms with Gasteiger partial charge in [0.05, 0.1) is 5.69 Å². The number of likely N-dealkylation sites (tertiary alicyclic amines) is 1. The minimum absolute atomic E-state index is 0.0595. The van der Waals surface area contributed by atoms with Crippen molar-refractivity contribution in [2.45, 2.75) is 44.2 Å². The first-order chi connectivity index (χ1) is 12.5. The highest BCUT2D eigenvalue weighted by Gasteiger charge is 2.53. The number of benzene rings is 1. The minimum atomic E-state index is -1.15. The number of carbonyl (C=O) groups is 3. The fourth-order valence-corrected chi connectivity index (χ4v) is 3.80. The van der Waals surface area contributed by atoms with Crippen LogP contribution in [0, 0.1) is 5.92 Å². The maximum Gasteiger partial charge on any atom is 0.271 e. The molecule has 5 N–H and O–H groups in total. The highest BCUT2D eigenvalue weighted by Crippen LogP contribution is 2.32. The lowest BCUT2D eigenvalue weighted by molar-refractivity contribution is -0.137. The summed E-state index contributed by atoms with van der Waals surface area (Å²) in [6, 6.07) is 7.80. The van der Waals surface area contributed by atoms with Crippen LogP contribution in [-0.4, -0.2) is 40.4 Å². The molecule has 2 fully saturated rings. The lowest BCUT2D eigenvalue weighted by Crippen LogP contribution is -2.52. The molecule has 8 heteroatoms. The van der Waals surface area contributed by atoms with Gasteiger partial charge in [-0.1, -0.05) is 37.5 Å². The van der Waals surface area contributed by atoms with E-state index in [1.54, 1.807) is 12.1 Å². The molecule has 2 aliphatic rings. The van der Waals surface area contributed by atoms with Crippen LogP contribution in [0.4, 0.5) is 5.69 Å². The summed E-state index contributed by atoms with van der Waals surface area (Å²) in [6.07, 6.45) is 4.59. The predicted molar refractivity (Wildman–Crippen MR) is 96.9 cm³/mol. The van der Waals surface area contributed by atoms with Crippen molar-refractivity contribution in [2.24, 2.45) is 22.5 Å². The molecule has 2 unspecified atom stereocenters. The molecule has 0 bridgehead atoms. The molecule has 2 atom stereocenters. The Morgan fingerprint density at radius 2 is 1.69 bits per heavy atom. The number of hydrazone groups is 1. The van der Waals surface area contributed by atoms with Crippen molar-refractivity contribution < 1.29 is 14.4 Å². The predicted octanol–water partition coefficient (Wildman–Crippen LogP) is 0.585. The molecule has 1 heterocycles. The SMILES string of the molecule is NC(=O)C1/C(=N/Nc2ccccc2)C(=O)N(C2CCCCC2)C1C(N)=O. The minimum Gasteiger partial charge on any atom is -0.369 e. The van der Waals surface area contributed by atoms with Crippen LogP contribution in [0.2, 0.25) is 0 Å². The first-order valence-corrected chi connectivity index (χ1v) is 8.80. The number of nitrogens with zero attached hydrogens (tertiary/aromatic N) is 2. The second kappa shape index (κ2) is 7.55. The zero-order valence-corrected chi connectivity index (χ0v) is 14.4. The van der Waals surface area contributed by atoms with Crippen LogP contribution in [-0.2, 0) is 14.4 Å². The van der Waals surface area contributed by atoms with Crippen molar-refractivity contribution in [3.05, 3.63) is 30.3 Å². The van der Waals surface area contributed by atoms with Gasteiger partial charge in [-0.15, -0.1) is 0 Å². The summed E-state index contributed by atoms with van der Waals surface area (Å²) in [5.41, 5.74) is 14.4. The van der Waals surface area contributed by atoms with E-state index < -0.39 is 29.7 Å². The normalized spacial score (nSPS) is 25.5. The summed E-state index contributed by atoms with van der Waals surface area (Å²) in [4.78, 5) is 38.5. The Morgan fingerprint density at radius 1 is 1.04 bits per heavy atom. The fourth-order valence-electron chi connectivity index (χ4n) is 3.80. The monoisotopic (exact) mass is 357 g/mol. The second-order valence-electron chi connectivity index (χ2n) is 6.71. The van der Waals surface area contributed by atoms with E-state index >= 15 is 0 Å². The number of carbonyl (C=O) groups excluding carboxylic acids is 3. The van der Waals surface area contributed by atoms with Gasteiger partial charge in [0, 0.05) is 6.04 Å². The molecule has 1 aliphatic carbocycles. The van der Waals surface area contributed by atoms with Gasteiger partial charge in [0.15, 0.2) is 0 Å². The Labute approximate surface area is 151 Å². The summed E-state index contributed by atoms with van der Waals surface area (Å²) in [6.45, 7) is 0. The molecule has 1 aromatic rings. The number of primary amides is 2. The zero-order valence-electron chi connectivity index (χ0n) is 14.4. The van der Waals surface area contributed by atoms with Gasteiger partial charge in [0.2, 0.25) is 11.8 Å². The highest BCUT2D eigenvalue weighted by molar-refractivity contribution is 6.46. The van der Waals surface area contributed by atoms with Crippen LogP contribution >= 0.6 is 0 Å². The van der Waals surface area contributed by atoms with Crippen molar-refractivity contribution in [3.8, 4) is 0 Å². The smallest absolute Gasteiger partial charge is 0.271 e. The standard InChI is InChI=1S/C18H23N5O3/c19-16(24)13-14(22-21-11-7-3-1-4-8-11)18(26)23(15(13)17(20)25)12-9-5-2-6-10-12/h1,3-4,7-8,12-13,15,21H,2,5-6,9-10H2,(H2,19,24)(H2,20,25)/b22-14-. The van der Waals surface area contributed by atoms with Crippen molar-refractivity contribution in [2.75, 3.05) is 5.43 Å². The summed E-state index contributed by atoms with van der Waals surface area (Å²) in [7, 11) is 0. The molecule has 8 nitrogen and oxygen atoms in total. The zero-order chi connectivity index (χ0) is 18.7. The first-order valence-electron chi connectivity index (χ1n) is 8.80. The fraction of sp³-hybridized carbons (Fsp3) is 0.444. The van der Waals surface area contributed by atoms with Crippen molar-refractivity contribution in [1.82, 2.24) is 4.90 Å². The maximum absolute atomic E-state index is 13.0. The van der Waals surface area contributed by atoms with Gasteiger partial charge in [-0.25, -0.2) is 0 Å². The summed E-state index contributed by atoms with van der Waals surface area (Å²) >= 11 is 0. The lowest BCUT2D eigenvalue weighted by atomic mass is 9.92. The molecule has 138 valence electrons. The third-order valence-electron chi connectivity index (χ3n) is 5.01. The lowest BCUT2D eigenvalue weighted by Gasteiger charge is -2.34. The molecule has 1 saturated carbocycles. The van der Waals surface area contributed by atoms with Crippen LogP contribution in [0.3, 0.4) is 0 Å².